The number of imidazole rings is 1. The van der Waals surface area contributed by atoms with Crippen LogP contribution in [0, 0.1) is 20.8 Å². The summed E-state index contributed by atoms with van der Waals surface area (Å²) in [5.74, 6) is 0.0418. The van der Waals surface area contributed by atoms with Gasteiger partial charge in [-0.15, -0.1) is 0 Å². The largest absolute Gasteiger partial charge is 0.780 e. The molecule has 4 fully saturated rings. The second-order valence-electron chi connectivity index (χ2n) is 19.2. The number of hydrogen-bond donors (Lipinski definition) is 4. The van der Waals surface area contributed by atoms with Crippen molar-refractivity contribution in [3.63, 3.8) is 0 Å². The lowest BCUT2D eigenvalue weighted by Gasteiger charge is -2.35. The van der Waals surface area contributed by atoms with Crippen LogP contribution in [0.2, 0.25) is 0 Å². The third-order valence-electron chi connectivity index (χ3n) is 13.5. The molecule has 4 saturated heterocycles. The summed E-state index contributed by atoms with van der Waals surface area (Å²) in [4.78, 5) is 135. The van der Waals surface area contributed by atoms with Crippen LogP contribution >= 0.6 is 27.0 Å². The number of rotatable bonds is 24. The van der Waals surface area contributed by atoms with Gasteiger partial charge in [0, 0.05) is 68.3 Å². The zero-order chi connectivity index (χ0) is 60.8. The second kappa shape index (κ2) is 26.2. The monoisotopic (exact) mass is 1330 g/mol. The normalized spacial score (nSPS) is 29.2. The van der Waals surface area contributed by atoms with Gasteiger partial charge in [0.2, 0.25) is 0 Å². The van der Waals surface area contributed by atoms with E-state index in [9.17, 15) is 48.0 Å². The number of nitrogen functional groups attached to an aromatic ring is 1. The first-order valence-electron chi connectivity index (χ1n) is 25.1. The highest BCUT2D eigenvalue weighted by atomic mass is 32.7. The topological polar surface area (TPSA) is 440 Å². The molecule has 4 aliphatic rings. The Morgan fingerprint density at radius 1 is 0.655 bits per heavy atom. The molecule has 84 heavy (non-hydrogen) atoms. The van der Waals surface area contributed by atoms with E-state index in [2.05, 4.69) is 29.9 Å². The van der Waals surface area contributed by atoms with Gasteiger partial charge in [0.15, 0.2) is 24.5 Å². The number of fused-ring (bicyclic) bond motifs is 1. The van der Waals surface area contributed by atoms with E-state index in [1.807, 2.05) is 0 Å². The van der Waals surface area contributed by atoms with Gasteiger partial charge in [0.05, 0.1) is 51.1 Å². The molecule has 5 N–H and O–H groups in total. The standard InChI is InChI=1S/C42H57N11O23P4S4/c1-6-65-33-28(13-66-39(33)52-12-21(4)38(56)49-42(52)59)76-80(63,84)69-16-27-24(9-31(72-27)53-18-46-32-34(43)44-17-45-35(32)53)75-79(62,83)68-15-26-23(8-30(71-26)51-11-20(3)37(55)48-41(51)58)74-78(61,82)67-14-25-22(73-77(60,81)64-5)7-29(70-25)50-10-19(2)36(54)47-40(50)57/h10-12,17-18,22-31,33,39H,6-9,13-16H2,1-5H3,(H,60,81)(H,61,82)(H,62,83)(H,63,84)(H2,43,44,45)(H,47,54,57)(H,48,55,58)(H,49,56,59)/p-4/t22?,23?,24?,25-,26-,27-,28?,29-,30-,31-,33+,39-,77?,78?,79?,80?/m1/s1. The van der Waals surface area contributed by atoms with Crippen LogP contribution in [-0.4, -0.2) is 137 Å². The van der Waals surface area contributed by atoms with Crippen LogP contribution in [0.5, 0.6) is 0 Å². The van der Waals surface area contributed by atoms with Crippen LogP contribution in [-0.2, 0) is 112 Å². The van der Waals surface area contributed by atoms with Crippen LogP contribution in [0.3, 0.4) is 0 Å². The Bertz CT molecular complexity index is 3850. The summed E-state index contributed by atoms with van der Waals surface area (Å²) < 4.78 is 94.2. The fraction of sp³-hybridized carbons (Fsp3) is 0.595. The van der Waals surface area contributed by atoms with Gasteiger partial charge < -0.3 is 92.5 Å². The highest BCUT2D eigenvalue weighted by Gasteiger charge is 2.46. The smallest absolute Gasteiger partial charge is 0.330 e. The van der Waals surface area contributed by atoms with Crippen molar-refractivity contribution in [1.29, 1.82) is 0 Å². The van der Waals surface area contributed by atoms with Crippen molar-refractivity contribution in [3.8, 4) is 0 Å². The summed E-state index contributed by atoms with van der Waals surface area (Å²) in [6, 6.07) is 0. The van der Waals surface area contributed by atoms with Gasteiger partial charge >= 0.3 is 17.1 Å². The molecule has 0 saturated carbocycles. The van der Waals surface area contributed by atoms with E-state index in [0.29, 0.717) is 0 Å². The zero-order valence-corrected chi connectivity index (χ0v) is 51.3. The molecular formula is C42H53N11O23P4S4-4. The maximum atomic E-state index is 14.4. The Morgan fingerprint density at radius 2 is 1.10 bits per heavy atom. The number of nitrogens with two attached hydrogens (primary N) is 1. The lowest BCUT2D eigenvalue weighted by atomic mass is 10.2. The van der Waals surface area contributed by atoms with Crippen molar-refractivity contribution < 1.29 is 79.1 Å². The van der Waals surface area contributed by atoms with E-state index in [1.165, 1.54) is 56.6 Å². The molecule has 16 atom stereocenters. The first kappa shape index (κ1) is 64.7. The van der Waals surface area contributed by atoms with Gasteiger partial charge in [0.1, 0.15) is 81.2 Å². The van der Waals surface area contributed by atoms with Crippen LogP contribution in [0.1, 0.15) is 67.8 Å². The minimum absolute atomic E-state index is 0.0418. The molecule has 0 amide bonds. The fourth-order valence-electron chi connectivity index (χ4n) is 9.42. The number of hydrogen-bond acceptors (Lipinski definition) is 31. The molecule has 0 aromatic carbocycles. The number of H-pyrrole nitrogens is 3. The van der Waals surface area contributed by atoms with Crippen molar-refractivity contribution >= 4 is 91.6 Å². The quantitative estimate of drug-likeness (QED) is 0.0400. The summed E-state index contributed by atoms with van der Waals surface area (Å²) in [5, 5.41) is 0. The predicted molar refractivity (Wildman–Crippen MR) is 296 cm³/mol. The van der Waals surface area contributed by atoms with Gasteiger partial charge in [-0.05, 0) is 27.7 Å². The SMILES string of the molecule is CCO[C@H]1C(OP([O-])(=S)OC[C@H]2O[C@@H](n3cnc4c(N)ncnc43)CC2OP(=O)([S-])OC[C@H]2O[C@@H](n3cc(C)c(=O)[nH]c3=O)CC2OP([O-])(=S)OC[C@H]2O[C@@H](n3cc(C)c(=O)[nH]c3=O)CC2OP([O-])(=S)OC)CO[C@H]1n1cc(C)c(=O)[nH]c1=O. The lowest BCUT2D eigenvalue weighted by Crippen LogP contribution is -2.40. The molecule has 0 radical (unpaired) electrons. The Hall–Kier alpha value is -3.72. The average Bonchev–Trinajstić information content (AvgIpc) is 3.54. The van der Waals surface area contributed by atoms with Crippen molar-refractivity contribution in [2.75, 3.05) is 45.9 Å². The minimum atomic E-state index is -4.76. The van der Waals surface area contributed by atoms with Gasteiger partial charge in [-0.25, -0.2) is 29.3 Å². The molecule has 34 nitrogen and oxygen atoms in total. The number of nitrogens with zero attached hydrogens (tertiary/aromatic N) is 7. The number of ether oxygens (including phenoxy) is 5. The van der Waals surface area contributed by atoms with Gasteiger partial charge in [-0.2, -0.15) is 0 Å². The third-order valence-corrected chi connectivity index (χ3v) is 19.9. The van der Waals surface area contributed by atoms with Crippen LogP contribution in [0.15, 0.2) is 60.0 Å². The second-order valence-corrected chi connectivity index (χ2v) is 30.1. The Labute approximate surface area is 493 Å². The first-order valence-corrected chi connectivity index (χ1v) is 35.3. The number of aryl methyl sites for hydroxylation is 3. The van der Waals surface area contributed by atoms with E-state index < -0.39 is 154 Å². The Morgan fingerprint density at radius 3 is 1.60 bits per heavy atom. The van der Waals surface area contributed by atoms with Crippen LogP contribution < -0.4 is 54.2 Å². The molecule has 5 aromatic rings. The first-order chi connectivity index (χ1) is 39.5. The van der Waals surface area contributed by atoms with Crippen molar-refractivity contribution in [3.05, 3.63) is 110 Å². The van der Waals surface area contributed by atoms with E-state index >= 15 is 0 Å². The summed E-state index contributed by atoms with van der Waals surface area (Å²) >= 11 is 21.0. The van der Waals surface area contributed by atoms with E-state index in [1.54, 1.807) is 6.92 Å². The van der Waals surface area contributed by atoms with Crippen molar-refractivity contribution in [2.45, 2.75) is 121 Å². The Kier molecular flexibility index (Phi) is 20.2. The van der Waals surface area contributed by atoms with E-state index in [-0.39, 0.29) is 66.1 Å². The molecule has 0 bridgehead atoms. The number of nitrogens with one attached hydrogen (secondary N) is 3. The summed E-state index contributed by atoms with van der Waals surface area (Å²) in [6.45, 7) is -14.5. The molecule has 0 aliphatic carbocycles. The van der Waals surface area contributed by atoms with E-state index in [4.69, 9.17) is 113 Å². The Balaban J connectivity index is 0.914. The molecule has 9 heterocycles. The number of aromatic amines is 3. The molecule has 462 valence electrons. The van der Waals surface area contributed by atoms with Crippen LogP contribution in [0.25, 0.3) is 11.2 Å². The van der Waals surface area contributed by atoms with Crippen molar-refractivity contribution in [1.82, 2.24) is 48.2 Å². The van der Waals surface area contributed by atoms with Crippen LogP contribution in [0.4, 0.5) is 5.82 Å². The average molecular weight is 1330 g/mol. The highest BCUT2D eigenvalue weighted by Crippen LogP contribution is 2.54. The predicted octanol–water partition coefficient (Wildman–Crippen LogP) is -1.57. The molecule has 8 unspecified atom stereocenters. The summed E-state index contributed by atoms with van der Waals surface area (Å²) in [7, 11) is 1.04. The minimum Gasteiger partial charge on any atom is -0.780 e. The maximum Gasteiger partial charge on any atom is 0.330 e. The zero-order valence-electron chi connectivity index (χ0n) is 44.5. The lowest BCUT2D eigenvalue weighted by molar-refractivity contribution is -0.218. The van der Waals surface area contributed by atoms with Gasteiger partial charge in [-0.3, -0.25) is 52.2 Å². The highest BCUT2D eigenvalue weighted by molar-refractivity contribution is 8.32. The number of aromatic nitrogens is 10. The molecule has 9 rings (SSSR count). The van der Waals surface area contributed by atoms with E-state index in [0.717, 1.165) is 20.8 Å². The fourth-order valence-corrected chi connectivity index (χ4v) is 14.7. The molecule has 4 aliphatic heterocycles. The molecule has 0 spiro atoms. The summed E-state index contributed by atoms with van der Waals surface area (Å²) in [5.41, 5.74) is 2.38. The van der Waals surface area contributed by atoms with Crippen molar-refractivity contribution in [2.24, 2.45) is 0 Å². The third kappa shape index (κ3) is 15.0. The molecule has 5 aromatic heterocycles. The molecular weight excluding hydrogens is 1280 g/mol. The molecule has 42 heteroatoms. The summed E-state index contributed by atoms with van der Waals surface area (Å²) in [6.07, 6.45) is -9.43. The van der Waals surface area contributed by atoms with Gasteiger partial charge in [-0.1, -0.05) is 35.4 Å². The maximum absolute atomic E-state index is 14.4. The van der Waals surface area contributed by atoms with Gasteiger partial charge in [0.25, 0.3) is 16.7 Å². The number of anilines is 1.